The van der Waals surface area contributed by atoms with Crippen LogP contribution in [0, 0.1) is 6.92 Å². The fraction of sp³-hybridized carbons (Fsp3) is 0.435. The molecule has 1 aromatic carbocycles. The van der Waals surface area contributed by atoms with Gasteiger partial charge in [-0.3, -0.25) is 19.4 Å². The van der Waals surface area contributed by atoms with Gasteiger partial charge in [0.2, 0.25) is 5.88 Å². The summed E-state index contributed by atoms with van der Waals surface area (Å²) in [5, 5.41) is 0. The maximum Gasteiger partial charge on any atom is 0.268 e. The smallest absolute Gasteiger partial charge is 0.268 e. The number of benzene rings is 1. The minimum Gasteiger partial charge on any atom is -0.477 e. The first kappa shape index (κ1) is 20.5. The Hall–Kier alpha value is -2.77. The molecule has 0 saturated carbocycles. The van der Waals surface area contributed by atoms with Crippen molar-refractivity contribution in [3.63, 3.8) is 0 Å². The minimum absolute atomic E-state index is 0.257. The van der Waals surface area contributed by atoms with Crippen LogP contribution in [-0.2, 0) is 6.42 Å². The number of hydrogen-bond donors (Lipinski definition) is 0. The van der Waals surface area contributed by atoms with Gasteiger partial charge in [-0.05, 0) is 31.9 Å². The third kappa shape index (κ3) is 4.22. The molecule has 1 saturated heterocycles. The molecule has 0 spiro atoms. The molecule has 158 valence electrons. The van der Waals surface area contributed by atoms with Crippen molar-refractivity contribution in [2.45, 2.75) is 20.3 Å². The van der Waals surface area contributed by atoms with Crippen molar-refractivity contribution in [2.24, 2.45) is 0 Å². The number of pyridine rings is 1. The Bertz CT molecular complexity index is 924. The van der Waals surface area contributed by atoms with Gasteiger partial charge in [0.25, 0.3) is 11.8 Å². The van der Waals surface area contributed by atoms with Crippen molar-refractivity contribution in [3.8, 4) is 5.88 Å². The number of aromatic nitrogens is 1. The van der Waals surface area contributed by atoms with Gasteiger partial charge in [0.05, 0.1) is 18.8 Å². The lowest BCUT2D eigenvalue weighted by atomic mass is 10.1. The van der Waals surface area contributed by atoms with E-state index in [0.29, 0.717) is 30.1 Å². The zero-order valence-corrected chi connectivity index (χ0v) is 17.6. The van der Waals surface area contributed by atoms with E-state index in [1.807, 2.05) is 13.0 Å². The molecule has 0 N–H and O–H groups in total. The van der Waals surface area contributed by atoms with Crippen LogP contribution in [-0.4, -0.2) is 77.5 Å². The van der Waals surface area contributed by atoms with Crippen molar-refractivity contribution in [2.75, 3.05) is 46.0 Å². The van der Waals surface area contributed by atoms with Crippen LogP contribution < -0.4 is 4.74 Å². The number of fused-ring (bicyclic) bond motifs is 1. The first-order chi connectivity index (χ1) is 14.6. The third-order valence-corrected chi connectivity index (χ3v) is 5.70. The fourth-order valence-corrected chi connectivity index (χ4v) is 4.05. The van der Waals surface area contributed by atoms with E-state index < -0.39 is 0 Å². The number of aryl methyl sites for hydroxylation is 1. The SMILES string of the molecule is CCOc1nc(C)cc2c1C(=O)N(CN1CCN(CCc3ccccc3)CC1)C2=O. The lowest BCUT2D eigenvalue weighted by Gasteiger charge is -2.36. The Kier molecular flexibility index (Phi) is 6.11. The Balaban J connectivity index is 1.35. The number of carbonyl (C=O) groups is 2. The van der Waals surface area contributed by atoms with E-state index in [1.54, 1.807) is 13.0 Å². The van der Waals surface area contributed by atoms with E-state index in [4.69, 9.17) is 4.74 Å². The van der Waals surface area contributed by atoms with Gasteiger partial charge in [0, 0.05) is 38.4 Å². The zero-order valence-electron chi connectivity index (χ0n) is 17.6. The Morgan fingerprint density at radius 2 is 1.70 bits per heavy atom. The highest BCUT2D eigenvalue weighted by Gasteiger charge is 2.40. The molecule has 7 nitrogen and oxygen atoms in total. The number of amides is 2. The molecule has 3 heterocycles. The Labute approximate surface area is 177 Å². The second-order valence-electron chi connectivity index (χ2n) is 7.80. The Morgan fingerprint density at radius 3 is 2.40 bits per heavy atom. The quantitative estimate of drug-likeness (QED) is 0.655. The number of rotatable bonds is 7. The summed E-state index contributed by atoms with van der Waals surface area (Å²) in [6.45, 7) is 8.90. The molecular formula is C23H28N4O3. The molecule has 0 radical (unpaired) electrons. The molecule has 30 heavy (non-hydrogen) atoms. The molecule has 0 aliphatic carbocycles. The van der Waals surface area contributed by atoms with Gasteiger partial charge < -0.3 is 9.64 Å². The van der Waals surface area contributed by atoms with Gasteiger partial charge >= 0.3 is 0 Å². The maximum atomic E-state index is 13.0. The van der Waals surface area contributed by atoms with Gasteiger partial charge in [-0.25, -0.2) is 4.98 Å². The summed E-state index contributed by atoms with van der Waals surface area (Å²) < 4.78 is 5.53. The summed E-state index contributed by atoms with van der Waals surface area (Å²) in [6.07, 6.45) is 1.03. The average Bonchev–Trinajstić information content (AvgIpc) is 2.99. The monoisotopic (exact) mass is 408 g/mol. The Morgan fingerprint density at radius 1 is 1.00 bits per heavy atom. The van der Waals surface area contributed by atoms with Crippen LogP contribution in [0.4, 0.5) is 0 Å². The highest BCUT2D eigenvalue weighted by molar-refractivity contribution is 6.22. The van der Waals surface area contributed by atoms with E-state index in [-0.39, 0.29) is 17.7 Å². The van der Waals surface area contributed by atoms with Crippen LogP contribution in [0.2, 0.25) is 0 Å². The summed E-state index contributed by atoms with van der Waals surface area (Å²) >= 11 is 0. The maximum absolute atomic E-state index is 13.0. The van der Waals surface area contributed by atoms with E-state index in [9.17, 15) is 9.59 Å². The number of piperazine rings is 1. The third-order valence-electron chi connectivity index (χ3n) is 5.70. The standard InChI is InChI=1S/C23H28N4O3/c1-3-30-21-20-19(15-17(2)24-21)22(28)27(23(20)29)16-26-13-11-25(12-14-26)10-9-18-7-5-4-6-8-18/h4-8,15H,3,9-14,16H2,1-2H3. The second-order valence-corrected chi connectivity index (χ2v) is 7.80. The molecule has 0 atom stereocenters. The van der Waals surface area contributed by atoms with Gasteiger partial charge in [0.15, 0.2) is 0 Å². The van der Waals surface area contributed by atoms with E-state index in [0.717, 1.165) is 39.1 Å². The molecule has 2 aliphatic heterocycles. The molecular weight excluding hydrogens is 380 g/mol. The van der Waals surface area contributed by atoms with Crippen LogP contribution in [0.5, 0.6) is 5.88 Å². The normalized spacial score (nSPS) is 17.5. The first-order valence-electron chi connectivity index (χ1n) is 10.6. The number of nitrogens with zero attached hydrogens (tertiary/aromatic N) is 4. The molecule has 7 heteroatoms. The van der Waals surface area contributed by atoms with Crippen LogP contribution in [0.3, 0.4) is 0 Å². The molecule has 0 bridgehead atoms. The van der Waals surface area contributed by atoms with Crippen molar-refractivity contribution < 1.29 is 14.3 Å². The zero-order chi connectivity index (χ0) is 21.1. The molecule has 1 aromatic heterocycles. The van der Waals surface area contributed by atoms with Crippen molar-refractivity contribution in [1.29, 1.82) is 0 Å². The van der Waals surface area contributed by atoms with Gasteiger partial charge in [0.1, 0.15) is 5.56 Å². The lowest BCUT2D eigenvalue weighted by molar-refractivity contribution is 0.0454. The second kappa shape index (κ2) is 8.93. The van der Waals surface area contributed by atoms with Crippen molar-refractivity contribution >= 4 is 11.8 Å². The van der Waals surface area contributed by atoms with E-state index >= 15 is 0 Å². The highest BCUT2D eigenvalue weighted by Crippen LogP contribution is 2.30. The number of ether oxygens (including phenoxy) is 1. The molecule has 4 rings (SSSR count). The van der Waals surface area contributed by atoms with E-state index in [2.05, 4.69) is 39.0 Å². The topological polar surface area (TPSA) is 66.0 Å². The summed E-state index contributed by atoms with van der Waals surface area (Å²) in [5.74, 6) is -0.301. The molecule has 0 unspecified atom stereocenters. The number of imide groups is 1. The molecule has 1 fully saturated rings. The average molecular weight is 409 g/mol. The predicted molar refractivity (Wildman–Crippen MR) is 114 cm³/mol. The largest absolute Gasteiger partial charge is 0.477 e. The summed E-state index contributed by atoms with van der Waals surface area (Å²) in [7, 11) is 0. The molecule has 2 aliphatic rings. The van der Waals surface area contributed by atoms with Crippen LogP contribution in [0.15, 0.2) is 36.4 Å². The highest BCUT2D eigenvalue weighted by atomic mass is 16.5. The van der Waals surface area contributed by atoms with Crippen molar-refractivity contribution in [3.05, 3.63) is 58.8 Å². The molecule has 2 amide bonds. The fourth-order valence-electron chi connectivity index (χ4n) is 4.05. The van der Waals surface area contributed by atoms with Crippen LogP contribution in [0.1, 0.15) is 38.9 Å². The summed E-state index contributed by atoms with van der Waals surface area (Å²) in [5.41, 5.74) is 2.72. The minimum atomic E-state index is -0.308. The molecule has 2 aromatic rings. The first-order valence-corrected chi connectivity index (χ1v) is 10.6. The van der Waals surface area contributed by atoms with Gasteiger partial charge in [-0.15, -0.1) is 0 Å². The lowest BCUT2D eigenvalue weighted by Crippen LogP contribution is -2.51. The number of carbonyl (C=O) groups excluding carboxylic acids is 2. The predicted octanol–water partition coefficient (Wildman–Crippen LogP) is 2.20. The summed E-state index contributed by atoms with van der Waals surface area (Å²) in [4.78, 5) is 36.1. The van der Waals surface area contributed by atoms with E-state index in [1.165, 1.54) is 10.5 Å². The number of hydrogen-bond acceptors (Lipinski definition) is 6. The van der Waals surface area contributed by atoms with Gasteiger partial charge in [-0.2, -0.15) is 0 Å². The van der Waals surface area contributed by atoms with Gasteiger partial charge in [-0.1, -0.05) is 30.3 Å². The van der Waals surface area contributed by atoms with Crippen LogP contribution >= 0.6 is 0 Å². The summed E-state index contributed by atoms with van der Waals surface area (Å²) in [6, 6.07) is 12.2. The van der Waals surface area contributed by atoms with Crippen LogP contribution in [0.25, 0.3) is 0 Å². The van der Waals surface area contributed by atoms with Crippen molar-refractivity contribution in [1.82, 2.24) is 19.7 Å².